The molecule has 22 heavy (non-hydrogen) atoms. The Hall–Kier alpha value is -0.820. The molecule has 126 valence electrons. The zero-order chi connectivity index (χ0) is 15.8. The third kappa shape index (κ3) is 3.93. The van der Waals surface area contributed by atoms with E-state index < -0.39 is 10.0 Å². The van der Waals surface area contributed by atoms with Crippen LogP contribution >= 0.6 is 12.4 Å². The summed E-state index contributed by atoms with van der Waals surface area (Å²) in [5, 5.41) is 0. The first-order valence-electron chi connectivity index (χ1n) is 7.12. The van der Waals surface area contributed by atoms with E-state index in [0.29, 0.717) is 18.0 Å². The minimum Gasteiger partial charge on any atom is -0.490 e. The molecule has 7 heteroatoms. The van der Waals surface area contributed by atoms with E-state index in [-0.39, 0.29) is 23.9 Å². The highest BCUT2D eigenvalue weighted by molar-refractivity contribution is 7.89. The van der Waals surface area contributed by atoms with Crippen LogP contribution in [0.4, 0.5) is 0 Å². The van der Waals surface area contributed by atoms with Gasteiger partial charge in [-0.1, -0.05) is 13.8 Å². The van der Waals surface area contributed by atoms with Crippen LogP contribution in [0.1, 0.15) is 26.3 Å². The molecule has 1 heterocycles. The number of hydrogen-bond donors (Lipinski definition) is 1. The summed E-state index contributed by atoms with van der Waals surface area (Å²) < 4.78 is 32.3. The molecule has 1 aromatic carbocycles. The summed E-state index contributed by atoms with van der Waals surface area (Å²) in [6.45, 7) is 6.71. The number of sulfonamides is 1. The van der Waals surface area contributed by atoms with Gasteiger partial charge in [0.25, 0.3) is 0 Å². The van der Waals surface area contributed by atoms with Crippen LogP contribution in [0, 0.1) is 5.41 Å². The summed E-state index contributed by atoms with van der Waals surface area (Å²) in [6.07, 6.45) is 0.850. The van der Waals surface area contributed by atoms with Crippen LogP contribution in [0.25, 0.3) is 0 Å². The number of halogens is 1. The molecular formula is C15H25ClN2O3S. The first-order valence-corrected chi connectivity index (χ1v) is 8.56. The van der Waals surface area contributed by atoms with Crippen molar-refractivity contribution in [1.29, 1.82) is 0 Å². The van der Waals surface area contributed by atoms with Crippen LogP contribution in [0.2, 0.25) is 0 Å². The van der Waals surface area contributed by atoms with E-state index >= 15 is 0 Å². The van der Waals surface area contributed by atoms with E-state index in [1.165, 1.54) is 4.31 Å². The maximum atomic E-state index is 12.7. The second kappa shape index (κ2) is 6.74. The van der Waals surface area contributed by atoms with Crippen molar-refractivity contribution in [3.63, 3.8) is 0 Å². The van der Waals surface area contributed by atoms with Crippen LogP contribution in [-0.4, -0.2) is 39.0 Å². The molecule has 1 aliphatic heterocycles. The average molecular weight is 349 g/mol. The van der Waals surface area contributed by atoms with Crippen molar-refractivity contribution in [3.8, 4) is 5.75 Å². The van der Waals surface area contributed by atoms with E-state index in [0.717, 1.165) is 17.7 Å². The fourth-order valence-electron chi connectivity index (χ4n) is 2.49. The lowest BCUT2D eigenvalue weighted by Gasteiger charge is -2.28. The van der Waals surface area contributed by atoms with Crippen LogP contribution in [-0.2, 0) is 16.4 Å². The Morgan fingerprint density at radius 1 is 1.41 bits per heavy atom. The molecule has 1 unspecified atom stereocenters. The van der Waals surface area contributed by atoms with E-state index in [4.69, 9.17) is 10.5 Å². The lowest BCUT2D eigenvalue weighted by molar-refractivity contribution is 0.254. The number of fused-ring (bicyclic) bond motifs is 1. The molecule has 2 N–H and O–H groups in total. The topological polar surface area (TPSA) is 72.6 Å². The smallest absolute Gasteiger partial charge is 0.242 e. The fraction of sp³-hybridized carbons (Fsp3) is 0.600. The molecule has 1 aliphatic rings. The zero-order valence-electron chi connectivity index (χ0n) is 13.5. The van der Waals surface area contributed by atoms with Crippen molar-refractivity contribution in [2.24, 2.45) is 11.1 Å². The normalized spacial score (nSPS) is 17.8. The summed E-state index contributed by atoms with van der Waals surface area (Å²) >= 11 is 0. The van der Waals surface area contributed by atoms with Crippen molar-refractivity contribution >= 4 is 22.4 Å². The van der Waals surface area contributed by atoms with E-state index in [2.05, 4.69) is 0 Å². The van der Waals surface area contributed by atoms with E-state index in [1.807, 2.05) is 20.8 Å². The average Bonchev–Trinajstić information content (AvgIpc) is 2.77. The Labute approximate surface area is 139 Å². The van der Waals surface area contributed by atoms with Crippen molar-refractivity contribution in [3.05, 3.63) is 23.8 Å². The van der Waals surface area contributed by atoms with Gasteiger partial charge in [0.2, 0.25) is 10.0 Å². The van der Waals surface area contributed by atoms with Gasteiger partial charge < -0.3 is 10.5 Å². The largest absolute Gasteiger partial charge is 0.490 e. The Kier molecular flexibility index (Phi) is 5.89. The Morgan fingerprint density at radius 3 is 2.64 bits per heavy atom. The summed E-state index contributed by atoms with van der Waals surface area (Å²) in [5.41, 5.74) is 6.39. The van der Waals surface area contributed by atoms with Gasteiger partial charge in [-0.05, 0) is 42.6 Å². The Bertz CT molecular complexity index is 632. The summed E-state index contributed by atoms with van der Waals surface area (Å²) in [7, 11) is -1.90. The van der Waals surface area contributed by atoms with Gasteiger partial charge in [-0.25, -0.2) is 12.7 Å². The number of benzene rings is 1. The van der Waals surface area contributed by atoms with Crippen LogP contribution in [0.5, 0.6) is 5.75 Å². The number of ether oxygens (including phenoxy) is 1. The van der Waals surface area contributed by atoms with Crippen molar-refractivity contribution in [1.82, 2.24) is 4.31 Å². The van der Waals surface area contributed by atoms with E-state index in [9.17, 15) is 8.42 Å². The molecular weight excluding hydrogens is 324 g/mol. The molecule has 0 spiro atoms. The van der Waals surface area contributed by atoms with Gasteiger partial charge in [0, 0.05) is 20.0 Å². The van der Waals surface area contributed by atoms with Gasteiger partial charge in [-0.3, -0.25) is 0 Å². The fourth-order valence-corrected chi connectivity index (χ4v) is 3.90. The summed E-state index contributed by atoms with van der Waals surface area (Å²) in [4.78, 5) is 0.314. The second-order valence-electron chi connectivity index (χ2n) is 6.53. The molecule has 0 saturated heterocycles. The quantitative estimate of drug-likeness (QED) is 0.883. The lowest BCUT2D eigenvalue weighted by Crippen LogP contribution is -2.39. The predicted octanol–water partition coefficient (Wildman–Crippen LogP) is 2.04. The number of nitrogens with zero attached hydrogens (tertiary/aromatic N) is 1. The van der Waals surface area contributed by atoms with Crippen LogP contribution in [0.3, 0.4) is 0 Å². The van der Waals surface area contributed by atoms with E-state index in [1.54, 1.807) is 25.2 Å². The second-order valence-corrected chi connectivity index (χ2v) is 8.58. The third-order valence-corrected chi connectivity index (χ3v) is 5.58. The summed E-state index contributed by atoms with van der Waals surface area (Å²) in [6, 6.07) is 5.08. The molecule has 0 radical (unpaired) electrons. The first kappa shape index (κ1) is 19.2. The van der Waals surface area contributed by atoms with Crippen LogP contribution in [0.15, 0.2) is 23.1 Å². The van der Waals surface area contributed by atoms with Crippen molar-refractivity contribution < 1.29 is 13.2 Å². The highest BCUT2D eigenvalue weighted by atomic mass is 35.5. The molecule has 0 saturated carbocycles. The lowest BCUT2D eigenvalue weighted by atomic mass is 9.94. The maximum absolute atomic E-state index is 12.7. The maximum Gasteiger partial charge on any atom is 0.242 e. The number of hydrogen-bond acceptors (Lipinski definition) is 4. The standard InChI is InChI=1S/C15H24N2O3S.ClH/c1-11-7-12-8-13(5-6-14(12)20-11)21(18,19)17(4)10-15(2,3)9-16;/h5-6,8,11H,7,9-10,16H2,1-4H3;1H. The Balaban J connectivity index is 0.00000242. The zero-order valence-corrected chi connectivity index (χ0v) is 15.1. The predicted molar refractivity (Wildman–Crippen MR) is 90.1 cm³/mol. The van der Waals surface area contributed by atoms with Crippen molar-refractivity contribution in [2.45, 2.75) is 38.2 Å². The minimum absolute atomic E-state index is 0. The van der Waals surface area contributed by atoms with Crippen LogP contribution < -0.4 is 10.5 Å². The first-order chi connectivity index (χ1) is 9.65. The van der Waals surface area contributed by atoms with Gasteiger partial charge in [-0.15, -0.1) is 12.4 Å². The molecule has 5 nitrogen and oxygen atoms in total. The molecule has 0 amide bonds. The van der Waals surface area contributed by atoms with Gasteiger partial charge in [0.15, 0.2) is 0 Å². The minimum atomic E-state index is -3.50. The van der Waals surface area contributed by atoms with Gasteiger partial charge in [0.05, 0.1) is 4.90 Å². The summed E-state index contributed by atoms with van der Waals surface area (Å²) in [5.74, 6) is 0.784. The highest BCUT2D eigenvalue weighted by Crippen LogP contribution is 2.31. The van der Waals surface area contributed by atoms with Gasteiger partial charge >= 0.3 is 0 Å². The number of rotatable bonds is 5. The third-order valence-electron chi connectivity index (χ3n) is 3.78. The SMILES string of the molecule is CC1Cc2cc(S(=O)(=O)N(C)CC(C)(C)CN)ccc2O1.Cl. The molecule has 2 rings (SSSR count). The monoisotopic (exact) mass is 348 g/mol. The van der Waals surface area contributed by atoms with Gasteiger partial charge in [0.1, 0.15) is 11.9 Å². The highest BCUT2D eigenvalue weighted by Gasteiger charge is 2.29. The van der Waals surface area contributed by atoms with Crippen molar-refractivity contribution in [2.75, 3.05) is 20.1 Å². The molecule has 1 atom stereocenters. The van der Waals surface area contributed by atoms with Gasteiger partial charge in [-0.2, -0.15) is 0 Å². The molecule has 0 fully saturated rings. The molecule has 1 aromatic rings. The molecule has 0 aliphatic carbocycles. The molecule has 0 bridgehead atoms. The number of nitrogens with two attached hydrogens (primary N) is 1. The Morgan fingerprint density at radius 2 is 2.05 bits per heavy atom. The molecule has 0 aromatic heterocycles.